The van der Waals surface area contributed by atoms with Gasteiger partial charge in [-0.2, -0.15) is 0 Å². The summed E-state index contributed by atoms with van der Waals surface area (Å²) in [4.78, 5) is 10.5. The fourth-order valence-corrected chi connectivity index (χ4v) is 0.916. The molecule has 4 heteroatoms. The summed E-state index contributed by atoms with van der Waals surface area (Å²) in [6.45, 7) is 3.56. The van der Waals surface area contributed by atoms with Crippen LogP contribution in [0.5, 0.6) is 0 Å². The lowest BCUT2D eigenvalue weighted by molar-refractivity contribution is -0.162. The van der Waals surface area contributed by atoms with Crippen LogP contribution in [0, 0.1) is 5.92 Å². The van der Waals surface area contributed by atoms with E-state index >= 15 is 0 Å². The number of hydrogen-bond donors (Lipinski definition) is 3. The first-order chi connectivity index (χ1) is 5.42. The minimum absolute atomic E-state index is 0.265. The molecule has 0 saturated carbocycles. The summed E-state index contributed by atoms with van der Waals surface area (Å²) in [5, 5.41) is 18.1. The average molecular weight is 175 g/mol. The van der Waals surface area contributed by atoms with Crippen LogP contribution in [0.1, 0.15) is 26.7 Å². The highest BCUT2D eigenvalue weighted by Crippen LogP contribution is 2.21. The van der Waals surface area contributed by atoms with Crippen molar-refractivity contribution < 1.29 is 15.0 Å². The zero-order chi connectivity index (χ0) is 9.78. The van der Waals surface area contributed by atoms with Crippen molar-refractivity contribution in [2.45, 2.75) is 32.3 Å². The Morgan fingerprint density at radius 2 is 2.17 bits per heavy atom. The number of carbonyl (C=O) groups is 1. The highest BCUT2D eigenvalue weighted by molar-refractivity contribution is 5.76. The maximum Gasteiger partial charge on any atom is 0.335 e. The number of rotatable bonds is 5. The Kier molecular flexibility index (Phi) is 4.20. The molecule has 0 aromatic heterocycles. The molecule has 4 nitrogen and oxygen atoms in total. The summed E-state index contributed by atoms with van der Waals surface area (Å²) in [5.74, 6) is -1.44. The molecule has 0 aromatic carbocycles. The molecule has 0 aliphatic heterocycles. The molecule has 0 radical (unpaired) electrons. The number of hydrogen-bond acceptors (Lipinski definition) is 3. The van der Waals surface area contributed by atoms with Crippen molar-refractivity contribution in [2.24, 2.45) is 11.7 Å². The Hall–Kier alpha value is -0.610. The molecule has 12 heavy (non-hydrogen) atoms. The summed E-state index contributed by atoms with van der Waals surface area (Å²) in [6.07, 6.45) is 1.38. The molecule has 2 unspecified atom stereocenters. The SMILES string of the molecule is CC(CCCN)C(C)(O)C(=O)O. The van der Waals surface area contributed by atoms with Crippen molar-refractivity contribution in [3.63, 3.8) is 0 Å². The van der Waals surface area contributed by atoms with Crippen molar-refractivity contribution in [1.29, 1.82) is 0 Å². The van der Waals surface area contributed by atoms with Gasteiger partial charge in [0.15, 0.2) is 5.60 Å². The predicted molar refractivity (Wildman–Crippen MR) is 45.7 cm³/mol. The molecule has 0 amide bonds. The van der Waals surface area contributed by atoms with Crippen molar-refractivity contribution in [3.8, 4) is 0 Å². The third kappa shape index (κ3) is 2.79. The van der Waals surface area contributed by atoms with Gasteiger partial charge in [-0.15, -0.1) is 0 Å². The topological polar surface area (TPSA) is 83.5 Å². The van der Waals surface area contributed by atoms with E-state index in [1.807, 2.05) is 0 Å². The fourth-order valence-electron chi connectivity index (χ4n) is 0.916. The summed E-state index contributed by atoms with van der Waals surface area (Å²) in [5.41, 5.74) is 3.64. The van der Waals surface area contributed by atoms with E-state index in [-0.39, 0.29) is 5.92 Å². The van der Waals surface area contributed by atoms with Gasteiger partial charge < -0.3 is 15.9 Å². The second-order valence-corrected chi connectivity index (χ2v) is 3.28. The zero-order valence-electron chi connectivity index (χ0n) is 7.58. The largest absolute Gasteiger partial charge is 0.479 e. The van der Waals surface area contributed by atoms with Crippen molar-refractivity contribution in [3.05, 3.63) is 0 Å². The Morgan fingerprint density at radius 1 is 1.67 bits per heavy atom. The summed E-state index contributed by atoms with van der Waals surface area (Å²) in [6, 6.07) is 0. The van der Waals surface area contributed by atoms with Gasteiger partial charge in [-0.3, -0.25) is 0 Å². The molecule has 0 saturated heterocycles. The van der Waals surface area contributed by atoms with Gasteiger partial charge in [-0.05, 0) is 32.2 Å². The number of nitrogens with two attached hydrogens (primary N) is 1. The normalized spacial score (nSPS) is 18.3. The van der Waals surface area contributed by atoms with Crippen LogP contribution in [0.25, 0.3) is 0 Å². The molecule has 0 heterocycles. The maximum absolute atomic E-state index is 10.5. The van der Waals surface area contributed by atoms with E-state index in [0.29, 0.717) is 13.0 Å². The second kappa shape index (κ2) is 4.42. The molecular formula is C8H17NO3. The van der Waals surface area contributed by atoms with Crippen LogP contribution < -0.4 is 5.73 Å². The summed E-state index contributed by atoms with van der Waals surface area (Å²) in [7, 11) is 0. The van der Waals surface area contributed by atoms with Gasteiger partial charge in [0.1, 0.15) is 0 Å². The van der Waals surface area contributed by atoms with E-state index in [1.54, 1.807) is 6.92 Å². The van der Waals surface area contributed by atoms with Crippen LogP contribution in [-0.2, 0) is 4.79 Å². The lowest BCUT2D eigenvalue weighted by atomic mass is 9.87. The van der Waals surface area contributed by atoms with Gasteiger partial charge in [0.25, 0.3) is 0 Å². The minimum atomic E-state index is -1.63. The van der Waals surface area contributed by atoms with Gasteiger partial charge in [-0.25, -0.2) is 4.79 Å². The third-order valence-electron chi connectivity index (χ3n) is 2.23. The molecule has 0 bridgehead atoms. The molecule has 72 valence electrons. The van der Waals surface area contributed by atoms with Gasteiger partial charge >= 0.3 is 5.97 Å². The Balaban J connectivity index is 4.06. The lowest BCUT2D eigenvalue weighted by Crippen LogP contribution is -2.41. The molecule has 0 spiro atoms. The highest BCUT2D eigenvalue weighted by Gasteiger charge is 2.35. The van der Waals surface area contributed by atoms with Crippen LogP contribution in [0.4, 0.5) is 0 Å². The average Bonchev–Trinajstić information content (AvgIpc) is 1.99. The number of aliphatic hydroxyl groups is 1. The van der Waals surface area contributed by atoms with E-state index in [4.69, 9.17) is 10.8 Å². The molecule has 0 aliphatic rings. The Labute approximate surface area is 72.4 Å². The van der Waals surface area contributed by atoms with Crippen LogP contribution >= 0.6 is 0 Å². The quantitative estimate of drug-likeness (QED) is 0.557. The number of carboxylic acids is 1. The van der Waals surface area contributed by atoms with Gasteiger partial charge in [0, 0.05) is 0 Å². The first-order valence-corrected chi connectivity index (χ1v) is 4.08. The van der Waals surface area contributed by atoms with E-state index < -0.39 is 11.6 Å². The van der Waals surface area contributed by atoms with Gasteiger partial charge in [0.2, 0.25) is 0 Å². The molecule has 0 rings (SSSR count). The summed E-state index contributed by atoms with van der Waals surface area (Å²) < 4.78 is 0. The molecule has 2 atom stereocenters. The highest BCUT2D eigenvalue weighted by atomic mass is 16.4. The van der Waals surface area contributed by atoms with E-state index in [1.165, 1.54) is 6.92 Å². The monoisotopic (exact) mass is 175 g/mol. The van der Waals surface area contributed by atoms with E-state index in [2.05, 4.69) is 0 Å². The molecule has 0 fully saturated rings. The van der Waals surface area contributed by atoms with E-state index in [0.717, 1.165) is 6.42 Å². The summed E-state index contributed by atoms with van der Waals surface area (Å²) >= 11 is 0. The first-order valence-electron chi connectivity index (χ1n) is 4.08. The number of aliphatic carboxylic acids is 1. The van der Waals surface area contributed by atoms with Gasteiger partial charge in [-0.1, -0.05) is 6.92 Å². The maximum atomic E-state index is 10.5. The van der Waals surface area contributed by atoms with Crippen molar-refractivity contribution >= 4 is 5.97 Å². The van der Waals surface area contributed by atoms with Gasteiger partial charge in [0.05, 0.1) is 0 Å². The smallest absolute Gasteiger partial charge is 0.335 e. The van der Waals surface area contributed by atoms with Crippen molar-refractivity contribution in [2.75, 3.05) is 6.54 Å². The van der Waals surface area contributed by atoms with Crippen LogP contribution in [0.15, 0.2) is 0 Å². The van der Waals surface area contributed by atoms with Crippen molar-refractivity contribution in [1.82, 2.24) is 0 Å². The fraction of sp³-hybridized carbons (Fsp3) is 0.875. The van der Waals surface area contributed by atoms with Crippen LogP contribution in [-0.4, -0.2) is 28.3 Å². The lowest BCUT2D eigenvalue weighted by Gasteiger charge is -2.25. The standard InChI is InChI=1S/C8H17NO3/c1-6(4-3-5-9)8(2,12)7(10)11/h6,12H,3-5,9H2,1-2H3,(H,10,11). The molecule has 0 aliphatic carbocycles. The second-order valence-electron chi connectivity index (χ2n) is 3.28. The number of carboxylic acid groups (broad SMARTS) is 1. The predicted octanol–water partition coefficient (Wildman–Crippen LogP) is 0.197. The third-order valence-corrected chi connectivity index (χ3v) is 2.23. The molecular weight excluding hydrogens is 158 g/mol. The van der Waals surface area contributed by atoms with E-state index in [9.17, 15) is 9.90 Å². The van der Waals surface area contributed by atoms with Crippen LogP contribution in [0.2, 0.25) is 0 Å². The molecule has 4 N–H and O–H groups in total. The molecule has 0 aromatic rings. The first kappa shape index (κ1) is 11.4. The minimum Gasteiger partial charge on any atom is -0.479 e. The van der Waals surface area contributed by atoms with Crippen LogP contribution in [0.3, 0.4) is 0 Å². The Morgan fingerprint density at radius 3 is 2.50 bits per heavy atom. The Bertz CT molecular complexity index is 156. The zero-order valence-corrected chi connectivity index (χ0v) is 7.58.